The summed E-state index contributed by atoms with van der Waals surface area (Å²) in [6.07, 6.45) is 0. The number of H-pyrrole nitrogens is 1. The van der Waals surface area contributed by atoms with Gasteiger partial charge in [0.2, 0.25) is 0 Å². The maximum atomic E-state index is 9.10. The molecular weight excluding hydrogens is 326 g/mol. The third-order valence-electron chi connectivity index (χ3n) is 3.95. The lowest BCUT2D eigenvalue weighted by molar-refractivity contribution is 0.768. The lowest BCUT2D eigenvalue weighted by Gasteiger charge is -2.25. The van der Waals surface area contributed by atoms with E-state index in [1.165, 1.54) is 0 Å². The first-order chi connectivity index (χ1) is 12.7. The van der Waals surface area contributed by atoms with Gasteiger partial charge in [-0.15, -0.1) is 15.3 Å². The molecule has 0 bridgehead atoms. The number of aromatic nitrogens is 3. The molecule has 1 aromatic heterocycles. The lowest BCUT2D eigenvalue weighted by Crippen LogP contribution is -2.31. The summed E-state index contributed by atoms with van der Waals surface area (Å²) < 4.78 is 0. The topological polar surface area (TPSA) is 93.3 Å². The van der Waals surface area contributed by atoms with E-state index >= 15 is 0 Å². The van der Waals surface area contributed by atoms with Crippen molar-refractivity contribution in [2.75, 3.05) is 11.4 Å². The van der Waals surface area contributed by atoms with Crippen molar-refractivity contribution in [3.63, 3.8) is 0 Å². The van der Waals surface area contributed by atoms with Crippen LogP contribution in [0.2, 0.25) is 0 Å². The molecule has 26 heavy (non-hydrogen) atoms. The molecule has 7 heteroatoms. The zero-order valence-corrected chi connectivity index (χ0v) is 14.7. The highest BCUT2D eigenvalue weighted by molar-refractivity contribution is 5.56. The molecule has 0 radical (unpaired) electrons. The maximum Gasteiger partial charge on any atom is 0.287 e. The second-order valence-electron chi connectivity index (χ2n) is 5.66. The monoisotopic (exact) mass is 345 g/mol. The van der Waals surface area contributed by atoms with Crippen molar-refractivity contribution < 1.29 is 0 Å². The molecule has 0 aliphatic heterocycles. The zero-order chi connectivity index (χ0) is 18.4. The Balaban J connectivity index is 1.71. The summed E-state index contributed by atoms with van der Waals surface area (Å²) in [5.74, 6) is 0.931. The number of nitriles is 1. The molecule has 3 aromatic rings. The molecule has 0 fully saturated rings. The van der Waals surface area contributed by atoms with E-state index in [1.54, 1.807) is 0 Å². The highest BCUT2D eigenvalue weighted by Gasteiger charge is 2.11. The van der Waals surface area contributed by atoms with Crippen molar-refractivity contribution in [2.45, 2.75) is 19.9 Å². The third kappa shape index (κ3) is 3.92. The number of hydrogen-bond donors (Lipinski definition) is 1. The van der Waals surface area contributed by atoms with E-state index in [-0.39, 0.29) is 12.0 Å². The van der Waals surface area contributed by atoms with Gasteiger partial charge >= 0.3 is 0 Å². The molecule has 0 spiro atoms. The van der Waals surface area contributed by atoms with Crippen molar-refractivity contribution in [1.82, 2.24) is 15.2 Å². The van der Waals surface area contributed by atoms with Crippen molar-refractivity contribution in [3.05, 3.63) is 54.6 Å². The number of hydrogen-bond acceptors (Lipinski definition) is 6. The van der Waals surface area contributed by atoms with Crippen LogP contribution in [0, 0.1) is 11.3 Å². The number of nitrogens with one attached hydrogen (secondary N) is 1. The molecule has 7 nitrogen and oxygen atoms in total. The smallest absolute Gasteiger partial charge is 0.287 e. The summed E-state index contributed by atoms with van der Waals surface area (Å²) in [5.41, 5.74) is 2.61. The summed E-state index contributed by atoms with van der Waals surface area (Å²) in [7, 11) is 0. The maximum absolute atomic E-state index is 9.10. The van der Waals surface area contributed by atoms with E-state index in [0.717, 1.165) is 17.8 Å². The molecule has 1 unspecified atom stereocenters. The average Bonchev–Trinajstić information content (AvgIpc) is 3.17. The van der Waals surface area contributed by atoms with Crippen LogP contribution in [0.4, 0.5) is 17.3 Å². The van der Waals surface area contributed by atoms with E-state index < -0.39 is 0 Å². The summed E-state index contributed by atoms with van der Waals surface area (Å²) in [4.78, 5) is 6.33. The minimum absolute atomic E-state index is 0.183. The fourth-order valence-corrected chi connectivity index (χ4v) is 2.59. The number of benzene rings is 2. The standard InChI is InChI=1S/C19H19N7/c1-3-26(14(2)13-20)17-11-9-16(10-12-17)22-24-19-21-18(23-25-19)15-7-5-4-6-8-15/h4-12,14H,3H2,1-2H3,(H,21,23,25). The average molecular weight is 345 g/mol. The molecule has 130 valence electrons. The van der Waals surface area contributed by atoms with Crippen LogP contribution in [-0.2, 0) is 0 Å². The number of anilines is 1. The molecule has 0 aliphatic carbocycles. The Morgan fingerprint density at radius 2 is 1.85 bits per heavy atom. The van der Waals surface area contributed by atoms with Gasteiger partial charge in [0, 0.05) is 17.8 Å². The van der Waals surface area contributed by atoms with E-state index in [9.17, 15) is 0 Å². The van der Waals surface area contributed by atoms with Crippen LogP contribution in [0.5, 0.6) is 0 Å². The van der Waals surface area contributed by atoms with Crippen molar-refractivity contribution in [2.24, 2.45) is 10.2 Å². The van der Waals surface area contributed by atoms with Gasteiger partial charge < -0.3 is 4.90 Å². The lowest BCUT2D eigenvalue weighted by atomic mass is 10.2. The summed E-state index contributed by atoms with van der Waals surface area (Å²) in [5, 5.41) is 24.3. The Kier molecular flexibility index (Phi) is 5.34. The fraction of sp³-hybridized carbons (Fsp3) is 0.211. The number of aromatic amines is 1. The first-order valence-electron chi connectivity index (χ1n) is 8.37. The number of azo groups is 1. The molecule has 1 heterocycles. The molecule has 0 aliphatic rings. The first kappa shape index (κ1) is 17.3. The second kappa shape index (κ2) is 8.03. The van der Waals surface area contributed by atoms with Crippen molar-refractivity contribution >= 4 is 17.3 Å². The largest absolute Gasteiger partial charge is 0.356 e. The SMILES string of the molecule is CCN(c1ccc(N=Nc2n[nH]c(-c3ccccc3)n2)cc1)C(C)C#N. The second-order valence-corrected chi connectivity index (χ2v) is 5.66. The third-order valence-corrected chi connectivity index (χ3v) is 3.95. The fourth-order valence-electron chi connectivity index (χ4n) is 2.59. The van der Waals surface area contributed by atoms with Gasteiger partial charge in [-0.1, -0.05) is 30.3 Å². The van der Waals surface area contributed by atoms with Crippen LogP contribution in [0.15, 0.2) is 64.8 Å². The Bertz CT molecular complexity index is 907. The molecule has 0 saturated heterocycles. The van der Waals surface area contributed by atoms with Crippen LogP contribution < -0.4 is 4.90 Å². The van der Waals surface area contributed by atoms with Crippen LogP contribution in [0.1, 0.15) is 13.8 Å². The van der Waals surface area contributed by atoms with E-state index in [2.05, 4.69) is 31.5 Å². The predicted molar refractivity (Wildman–Crippen MR) is 101 cm³/mol. The van der Waals surface area contributed by atoms with Gasteiger partial charge in [0.05, 0.1) is 11.8 Å². The van der Waals surface area contributed by atoms with Crippen LogP contribution in [0.3, 0.4) is 0 Å². The summed E-state index contributed by atoms with van der Waals surface area (Å²) >= 11 is 0. The van der Waals surface area contributed by atoms with Gasteiger partial charge in [0.15, 0.2) is 5.82 Å². The highest BCUT2D eigenvalue weighted by Crippen LogP contribution is 2.23. The number of rotatable bonds is 6. The summed E-state index contributed by atoms with van der Waals surface area (Å²) in [6, 6.07) is 19.4. The van der Waals surface area contributed by atoms with Crippen LogP contribution in [0.25, 0.3) is 11.4 Å². The quantitative estimate of drug-likeness (QED) is 0.659. The molecule has 1 N–H and O–H groups in total. The van der Waals surface area contributed by atoms with Gasteiger partial charge in [0.25, 0.3) is 5.95 Å². The van der Waals surface area contributed by atoms with E-state index in [4.69, 9.17) is 5.26 Å². The molecule has 3 rings (SSSR count). The molecule has 2 aromatic carbocycles. The van der Waals surface area contributed by atoms with Gasteiger partial charge in [-0.2, -0.15) is 10.2 Å². The minimum atomic E-state index is -0.183. The molecular formula is C19H19N7. The van der Waals surface area contributed by atoms with Crippen molar-refractivity contribution in [3.8, 4) is 17.5 Å². The normalized spacial score (nSPS) is 12.0. The Morgan fingerprint density at radius 3 is 2.50 bits per heavy atom. The Labute approximate surface area is 152 Å². The predicted octanol–water partition coefficient (Wildman–Crippen LogP) is 4.63. The molecule has 1 atom stereocenters. The Hall–Kier alpha value is -3.53. The van der Waals surface area contributed by atoms with Crippen LogP contribution >= 0.6 is 0 Å². The Morgan fingerprint density at radius 1 is 1.12 bits per heavy atom. The highest BCUT2D eigenvalue weighted by atomic mass is 15.3. The van der Waals surface area contributed by atoms with Gasteiger partial charge in [-0.05, 0) is 38.1 Å². The van der Waals surface area contributed by atoms with Crippen LogP contribution in [-0.4, -0.2) is 27.8 Å². The van der Waals surface area contributed by atoms with Crippen molar-refractivity contribution in [1.29, 1.82) is 5.26 Å². The summed E-state index contributed by atoms with van der Waals surface area (Å²) in [6.45, 7) is 4.66. The zero-order valence-electron chi connectivity index (χ0n) is 14.7. The minimum Gasteiger partial charge on any atom is -0.356 e. The molecule has 0 saturated carbocycles. The number of nitrogens with zero attached hydrogens (tertiary/aromatic N) is 6. The molecule has 0 amide bonds. The van der Waals surface area contributed by atoms with E-state index in [1.807, 2.05) is 73.3 Å². The first-order valence-corrected chi connectivity index (χ1v) is 8.37. The van der Waals surface area contributed by atoms with Gasteiger partial charge in [-0.3, -0.25) is 5.10 Å². The van der Waals surface area contributed by atoms with E-state index in [0.29, 0.717) is 11.5 Å². The van der Waals surface area contributed by atoms with Gasteiger partial charge in [-0.25, -0.2) is 0 Å². The van der Waals surface area contributed by atoms with Gasteiger partial charge in [0.1, 0.15) is 6.04 Å².